The Morgan fingerprint density at radius 2 is 2.00 bits per heavy atom. The van der Waals surface area contributed by atoms with Crippen LogP contribution < -0.4 is 0 Å². The summed E-state index contributed by atoms with van der Waals surface area (Å²) >= 11 is 3.16. The SMILES string of the molecule is Cc1ccc(-c2csc(SCC(=O)N3CCCC3)n2)cc1. The van der Waals surface area contributed by atoms with Gasteiger partial charge >= 0.3 is 0 Å². The van der Waals surface area contributed by atoms with Crippen LogP contribution in [0.1, 0.15) is 18.4 Å². The van der Waals surface area contributed by atoms with Crippen LogP contribution in [-0.2, 0) is 4.79 Å². The highest BCUT2D eigenvalue weighted by atomic mass is 32.2. The number of rotatable bonds is 4. The lowest BCUT2D eigenvalue weighted by Crippen LogP contribution is -2.29. The van der Waals surface area contributed by atoms with Gasteiger partial charge in [-0.1, -0.05) is 41.6 Å². The summed E-state index contributed by atoms with van der Waals surface area (Å²) in [5, 5.41) is 2.06. The van der Waals surface area contributed by atoms with E-state index in [-0.39, 0.29) is 5.91 Å². The molecule has 1 aliphatic rings. The van der Waals surface area contributed by atoms with Gasteiger partial charge in [-0.3, -0.25) is 4.79 Å². The van der Waals surface area contributed by atoms with Crippen molar-refractivity contribution in [3.63, 3.8) is 0 Å². The summed E-state index contributed by atoms with van der Waals surface area (Å²) in [4.78, 5) is 18.6. The van der Waals surface area contributed by atoms with Crippen LogP contribution in [0, 0.1) is 6.92 Å². The third-order valence-corrected chi connectivity index (χ3v) is 5.61. The minimum atomic E-state index is 0.240. The van der Waals surface area contributed by atoms with Gasteiger partial charge in [0.2, 0.25) is 5.91 Å². The molecule has 0 bridgehead atoms. The molecule has 1 aromatic carbocycles. The van der Waals surface area contributed by atoms with E-state index in [1.54, 1.807) is 23.1 Å². The summed E-state index contributed by atoms with van der Waals surface area (Å²) in [6, 6.07) is 8.37. The number of benzene rings is 1. The molecule has 3 rings (SSSR count). The quantitative estimate of drug-likeness (QED) is 0.803. The van der Waals surface area contributed by atoms with E-state index in [4.69, 9.17) is 0 Å². The van der Waals surface area contributed by atoms with Gasteiger partial charge in [0, 0.05) is 24.0 Å². The van der Waals surface area contributed by atoms with Crippen LogP contribution in [0.3, 0.4) is 0 Å². The molecule has 0 spiro atoms. The monoisotopic (exact) mass is 318 g/mol. The van der Waals surface area contributed by atoms with E-state index < -0.39 is 0 Å². The molecule has 0 saturated carbocycles. The second kappa shape index (κ2) is 6.62. The molecule has 1 amide bonds. The zero-order valence-electron chi connectivity index (χ0n) is 12.0. The topological polar surface area (TPSA) is 33.2 Å². The number of aromatic nitrogens is 1. The highest BCUT2D eigenvalue weighted by Crippen LogP contribution is 2.28. The molecule has 5 heteroatoms. The number of likely N-dealkylation sites (tertiary alicyclic amines) is 1. The highest BCUT2D eigenvalue weighted by Gasteiger charge is 2.18. The molecule has 2 heterocycles. The average Bonchev–Trinajstić information content (AvgIpc) is 3.17. The molecule has 0 aliphatic carbocycles. The number of carbonyl (C=O) groups is 1. The van der Waals surface area contributed by atoms with Crippen LogP contribution in [0.2, 0.25) is 0 Å². The fourth-order valence-electron chi connectivity index (χ4n) is 2.36. The summed E-state index contributed by atoms with van der Waals surface area (Å²) < 4.78 is 0.970. The Bertz CT molecular complexity index is 615. The summed E-state index contributed by atoms with van der Waals surface area (Å²) in [6.07, 6.45) is 2.29. The zero-order valence-corrected chi connectivity index (χ0v) is 13.7. The zero-order chi connectivity index (χ0) is 14.7. The Labute approximate surface area is 133 Å². The third kappa shape index (κ3) is 3.66. The minimum Gasteiger partial charge on any atom is -0.342 e. The molecular weight excluding hydrogens is 300 g/mol. The fraction of sp³-hybridized carbons (Fsp3) is 0.375. The molecule has 2 aromatic rings. The Hall–Kier alpha value is -1.33. The van der Waals surface area contributed by atoms with Gasteiger partial charge in [0.25, 0.3) is 0 Å². The number of hydrogen-bond donors (Lipinski definition) is 0. The molecule has 1 saturated heterocycles. The van der Waals surface area contributed by atoms with Gasteiger partial charge in [-0.2, -0.15) is 0 Å². The second-order valence-corrected chi connectivity index (χ2v) is 7.32. The van der Waals surface area contributed by atoms with Crippen LogP contribution in [0.25, 0.3) is 11.3 Å². The number of aryl methyl sites for hydroxylation is 1. The maximum atomic E-state index is 12.0. The van der Waals surface area contributed by atoms with Crippen LogP contribution in [-0.4, -0.2) is 34.6 Å². The first-order valence-electron chi connectivity index (χ1n) is 7.15. The number of thiazole rings is 1. The minimum absolute atomic E-state index is 0.240. The van der Waals surface area contributed by atoms with Crippen LogP contribution in [0.5, 0.6) is 0 Å². The maximum absolute atomic E-state index is 12.0. The smallest absolute Gasteiger partial charge is 0.233 e. The van der Waals surface area contributed by atoms with Crippen molar-refractivity contribution < 1.29 is 4.79 Å². The summed E-state index contributed by atoms with van der Waals surface area (Å²) in [5.74, 6) is 0.741. The van der Waals surface area contributed by atoms with Crippen LogP contribution >= 0.6 is 23.1 Å². The van der Waals surface area contributed by atoms with Crippen molar-refractivity contribution in [2.24, 2.45) is 0 Å². The van der Waals surface area contributed by atoms with Crippen molar-refractivity contribution in [3.05, 3.63) is 35.2 Å². The standard InChI is InChI=1S/C16H18N2OS2/c1-12-4-6-13(7-5-12)14-10-20-16(17-14)21-11-15(19)18-8-2-3-9-18/h4-7,10H,2-3,8-9,11H2,1H3. The predicted molar refractivity (Wildman–Crippen MR) is 88.8 cm³/mol. The molecule has 1 aromatic heterocycles. The fourth-order valence-corrected chi connectivity index (χ4v) is 4.10. The van der Waals surface area contributed by atoms with E-state index in [0.29, 0.717) is 5.75 Å². The van der Waals surface area contributed by atoms with E-state index in [9.17, 15) is 4.79 Å². The van der Waals surface area contributed by atoms with E-state index in [1.165, 1.54) is 5.56 Å². The van der Waals surface area contributed by atoms with Crippen molar-refractivity contribution >= 4 is 29.0 Å². The number of thioether (sulfide) groups is 1. The molecule has 3 nitrogen and oxygen atoms in total. The molecule has 0 unspecified atom stereocenters. The first-order chi connectivity index (χ1) is 10.2. The number of carbonyl (C=O) groups excluding carboxylic acids is 1. The van der Waals surface area contributed by atoms with Crippen LogP contribution in [0.4, 0.5) is 0 Å². The van der Waals surface area contributed by atoms with Gasteiger partial charge in [0.1, 0.15) is 0 Å². The van der Waals surface area contributed by atoms with Gasteiger partial charge in [-0.05, 0) is 19.8 Å². The molecule has 0 N–H and O–H groups in total. The van der Waals surface area contributed by atoms with E-state index in [0.717, 1.165) is 41.5 Å². The van der Waals surface area contributed by atoms with Crippen molar-refractivity contribution in [1.82, 2.24) is 9.88 Å². The Morgan fingerprint density at radius 3 is 2.71 bits per heavy atom. The lowest BCUT2D eigenvalue weighted by molar-refractivity contribution is -0.127. The number of amides is 1. The van der Waals surface area contributed by atoms with E-state index >= 15 is 0 Å². The molecule has 21 heavy (non-hydrogen) atoms. The van der Waals surface area contributed by atoms with Gasteiger partial charge < -0.3 is 4.90 Å². The van der Waals surface area contributed by atoms with Crippen molar-refractivity contribution in [1.29, 1.82) is 0 Å². The predicted octanol–water partition coefficient (Wildman–Crippen LogP) is 3.83. The van der Waals surface area contributed by atoms with E-state index in [2.05, 4.69) is 41.6 Å². The highest BCUT2D eigenvalue weighted by molar-refractivity contribution is 8.01. The van der Waals surface area contributed by atoms with Gasteiger partial charge in [-0.15, -0.1) is 11.3 Å². The molecule has 110 valence electrons. The largest absolute Gasteiger partial charge is 0.342 e. The Balaban J connectivity index is 1.60. The summed E-state index contributed by atoms with van der Waals surface area (Å²) in [6.45, 7) is 3.92. The van der Waals surface area contributed by atoms with Gasteiger partial charge in [0.05, 0.1) is 11.4 Å². The first kappa shape index (κ1) is 14.6. The average molecular weight is 318 g/mol. The lowest BCUT2D eigenvalue weighted by Gasteiger charge is -2.13. The molecular formula is C16H18N2OS2. The molecule has 1 fully saturated rings. The molecule has 0 atom stereocenters. The van der Waals surface area contributed by atoms with E-state index in [1.807, 2.05) is 4.90 Å². The Kier molecular flexibility index (Phi) is 4.60. The van der Waals surface area contributed by atoms with Crippen LogP contribution in [0.15, 0.2) is 34.0 Å². The third-order valence-electron chi connectivity index (χ3n) is 3.61. The summed E-state index contributed by atoms with van der Waals surface area (Å²) in [7, 11) is 0. The first-order valence-corrected chi connectivity index (χ1v) is 9.02. The van der Waals surface area contributed by atoms with Crippen molar-refractivity contribution in [2.75, 3.05) is 18.8 Å². The molecule has 0 radical (unpaired) electrons. The second-order valence-electron chi connectivity index (χ2n) is 5.24. The Morgan fingerprint density at radius 1 is 1.29 bits per heavy atom. The number of nitrogens with zero attached hydrogens (tertiary/aromatic N) is 2. The maximum Gasteiger partial charge on any atom is 0.233 e. The molecule has 1 aliphatic heterocycles. The van der Waals surface area contributed by atoms with Crippen molar-refractivity contribution in [3.8, 4) is 11.3 Å². The van der Waals surface area contributed by atoms with Gasteiger partial charge in [0.15, 0.2) is 4.34 Å². The van der Waals surface area contributed by atoms with Gasteiger partial charge in [-0.25, -0.2) is 4.98 Å². The number of hydrogen-bond acceptors (Lipinski definition) is 4. The van der Waals surface area contributed by atoms with Crippen molar-refractivity contribution in [2.45, 2.75) is 24.1 Å². The summed E-state index contributed by atoms with van der Waals surface area (Å²) in [5.41, 5.74) is 3.38. The normalized spacial score (nSPS) is 14.6. The lowest BCUT2D eigenvalue weighted by atomic mass is 10.1.